The molecule has 3 aliphatic rings. The maximum Gasteiger partial charge on any atom is 0.227 e. The summed E-state index contributed by atoms with van der Waals surface area (Å²) < 4.78 is 20.4. The van der Waals surface area contributed by atoms with Gasteiger partial charge < -0.3 is 14.7 Å². The molecule has 11 nitrogen and oxygen atoms in total. The van der Waals surface area contributed by atoms with Crippen LogP contribution in [0, 0.1) is 22.9 Å². The fourth-order valence-electron chi connectivity index (χ4n) is 10.5. The molecule has 0 aliphatic carbocycles. The Kier molecular flexibility index (Phi) is 21.5. The molecule has 79 heavy (non-hydrogen) atoms. The van der Waals surface area contributed by atoms with Crippen molar-refractivity contribution in [3.8, 4) is 12.4 Å². The van der Waals surface area contributed by atoms with Crippen LogP contribution in [0.25, 0.3) is 0 Å². The van der Waals surface area contributed by atoms with Gasteiger partial charge in [0, 0.05) is 65.8 Å². The van der Waals surface area contributed by atoms with E-state index in [9.17, 15) is 18.6 Å². The lowest BCUT2D eigenvalue weighted by Gasteiger charge is -2.36. The fraction of sp³-hybridized carbons (Fsp3) is 0.305. The zero-order valence-corrected chi connectivity index (χ0v) is 51.2. The van der Waals surface area contributed by atoms with Gasteiger partial charge in [0.25, 0.3) is 0 Å². The topological polar surface area (TPSA) is 150 Å². The highest BCUT2D eigenvalue weighted by atomic mass is 35.5. The lowest BCUT2D eigenvalue weighted by molar-refractivity contribution is -0.133. The van der Waals surface area contributed by atoms with Gasteiger partial charge in [-0.05, 0) is 157 Å². The molecule has 3 aliphatic heterocycles. The molecule has 2 unspecified atom stereocenters. The number of hydrogen-bond donors (Lipinski definition) is 0. The van der Waals surface area contributed by atoms with Crippen LogP contribution in [-0.2, 0) is 73.3 Å². The summed E-state index contributed by atoms with van der Waals surface area (Å²) in [6, 6.07) is 33.5. The largest absolute Gasteiger partial charge is 0.335 e. The van der Waals surface area contributed by atoms with E-state index in [1.807, 2.05) is 54.3 Å². The highest BCUT2D eigenvalue weighted by molar-refractivity contribution is 7.98. The molecule has 0 N–H and O–H groups in total. The molecule has 6 aromatic carbocycles. The van der Waals surface area contributed by atoms with E-state index in [2.05, 4.69) is 46.2 Å². The predicted octanol–water partition coefficient (Wildman–Crippen LogP) is 15.0. The van der Waals surface area contributed by atoms with Crippen molar-refractivity contribution >= 4 is 120 Å². The third kappa shape index (κ3) is 14.2. The Bertz CT molecular complexity index is 3520. The molecule has 0 fully saturated rings. The van der Waals surface area contributed by atoms with Gasteiger partial charge >= 0.3 is 0 Å². The Morgan fingerprint density at radius 3 is 1.33 bits per heavy atom. The quantitative estimate of drug-likeness (QED) is 0.103. The van der Waals surface area contributed by atoms with Crippen LogP contribution in [0.2, 0.25) is 30.1 Å². The standard InChI is InChI=1S/C20H19Cl2N3O2S.C20H19Cl2N3OS.C19H19Cl2NOS/c1-13-14-5-3-8-19(28(2,27)24-12-23)15(14)9-10-25(13)20(26)11-16-17(21)6-4-7-18(16)22;1-13-14-5-3-8-19(27(2)24-12-23)15(14)9-10-25(13)20(26)11-16-17(21)6-4-7-18(16)22;1-12-13-5-3-8-18(24-2)14(13)9-10-22(12)19(23)11-15-16(20)6-4-7-17(15)21/h3-8,13H,9-11H2,1-2H3;3-8,13H,9-11H2,1-2H3;3-8,12H,9-11H2,1-2H3/t13-,28?;13-,27?;12-/m000/s1. The van der Waals surface area contributed by atoms with Crippen LogP contribution in [0.3, 0.4) is 0 Å². The lowest BCUT2D eigenvalue weighted by atomic mass is 9.93. The van der Waals surface area contributed by atoms with Gasteiger partial charge in [0.1, 0.15) is 0 Å². The minimum absolute atomic E-state index is 0.00534. The van der Waals surface area contributed by atoms with E-state index in [-0.39, 0.29) is 55.1 Å². The molecule has 3 amide bonds. The monoisotopic (exact) mass is 1230 g/mol. The lowest BCUT2D eigenvalue weighted by Crippen LogP contribution is -2.40. The normalized spacial score (nSPS) is 17.4. The predicted molar refractivity (Wildman–Crippen MR) is 323 cm³/mol. The maximum atomic E-state index is 13.0. The number of nitriles is 2. The van der Waals surface area contributed by atoms with E-state index in [4.69, 9.17) is 80.1 Å². The van der Waals surface area contributed by atoms with Gasteiger partial charge in [-0.3, -0.25) is 14.4 Å². The number of thioether (sulfide) groups is 1. The third-order valence-electron chi connectivity index (χ3n) is 14.5. The number of fused-ring (bicyclic) bond motifs is 3. The molecule has 6 aromatic rings. The van der Waals surface area contributed by atoms with E-state index >= 15 is 0 Å². The highest BCUT2D eigenvalue weighted by Gasteiger charge is 2.33. The van der Waals surface area contributed by atoms with Gasteiger partial charge in [0.05, 0.1) is 52.0 Å². The van der Waals surface area contributed by atoms with Crippen LogP contribution >= 0.6 is 81.4 Å². The molecule has 3 heterocycles. The van der Waals surface area contributed by atoms with E-state index in [0.717, 1.165) is 41.0 Å². The number of amides is 3. The zero-order chi connectivity index (χ0) is 57.3. The molecular weight excluding hydrogens is 1180 g/mol. The summed E-state index contributed by atoms with van der Waals surface area (Å²) in [6.45, 7) is 7.89. The Balaban J connectivity index is 0.000000172. The number of benzene rings is 6. The second-order valence-electron chi connectivity index (χ2n) is 19.0. The SMILES string of the molecule is CSc1cccc2c1CCN(C(=O)Cc1c(Cl)cccc1Cl)[C@H]2C.C[C@H]1c2cccc(S(C)(=O)=NC#N)c2CCN1C(=O)Cc1c(Cl)cccc1Cl.C[C@H]1c2cccc(S(C)=NC#N)c2CCN1C(=O)Cc1c(Cl)cccc1Cl. The fourth-order valence-corrected chi connectivity index (χ4v) is 15.1. The number of halogens is 6. The van der Waals surface area contributed by atoms with Gasteiger partial charge in [0.15, 0.2) is 0 Å². The van der Waals surface area contributed by atoms with E-state index < -0.39 is 20.4 Å². The van der Waals surface area contributed by atoms with Crippen LogP contribution in [0.1, 0.15) is 89.0 Å². The average molecular weight is 1240 g/mol. The second kappa shape index (κ2) is 27.6. The average Bonchev–Trinajstić information content (AvgIpc) is 3.45. The number of carbonyl (C=O) groups is 3. The van der Waals surface area contributed by atoms with Crippen molar-refractivity contribution in [1.82, 2.24) is 14.7 Å². The summed E-state index contributed by atoms with van der Waals surface area (Å²) in [5.74, 6) is 0.000894. The van der Waals surface area contributed by atoms with Crippen molar-refractivity contribution in [2.24, 2.45) is 8.73 Å². The number of rotatable bonds is 9. The zero-order valence-electron chi connectivity index (χ0n) is 44.2. The molecule has 0 aromatic heterocycles. The molecule has 0 saturated carbocycles. The first-order chi connectivity index (χ1) is 37.7. The smallest absolute Gasteiger partial charge is 0.227 e. The van der Waals surface area contributed by atoms with Crippen molar-refractivity contribution in [3.05, 3.63) is 189 Å². The van der Waals surface area contributed by atoms with E-state index in [1.54, 1.807) is 89.6 Å². The van der Waals surface area contributed by atoms with Crippen LogP contribution in [0.4, 0.5) is 0 Å². The van der Waals surface area contributed by atoms with Gasteiger partial charge in [-0.25, -0.2) is 4.21 Å². The van der Waals surface area contributed by atoms with Crippen molar-refractivity contribution in [3.63, 3.8) is 0 Å². The minimum Gasteiger partial charge on any atom is -0.335 e. The van der Waals surface area contributed by atoms with E-state index in [1.165, 1.54) is 27.8 Å². The molecular formula is C59H57Cl6N7O4S3. The van der Waals surface area contributed by atoms with Gasteiger partial charge in [-0.2, -0.15) is 10.5 Å². The van der Waals surface area contributed by atoms with Gasteiger partial charge in [0.2, 0.25) is 30.1 Å². The molecule has 412 valence electrons. The molecule has 0 bridgehead atoms. The Hall–Kier alpha value is -5.10. The van der Waals surface area contributed by atoms with Crippen molar-refractivity contribution in [1.29, 1.82) is 10.5 Å². The van der Waals surface area contributed by atoms with Crippen LogP contribution in [0.15, 0.2) is 133 Å². The van der Waals surface area contributed by atoms with E-state index in [0.29, 0.717) is 71.2 Å². The molecule has 5 atom stereocenters. The summed E-state index contributed by atoms with van der Waals surface area (Å²) in [6.07, 6.45) is 11.8. The summed E-state index contributed by atoms with van der Waals surface area (Å²) in [7, 11) is -3.27. The Morgan fingerprint density at radius 1 is 0.570 bits per heavy atom. The number of nitrogens with zero attached hydrogens (tertiary/aromatic N) is 7. The Labute approximate surface area is 500 Å². The first-order valence-electron chi connectivity index (χ1n) is 25.1. The molecule has 0 spiro atoms. The second-order valence-corrected chi connectivity index (χ2v) is 26.1. The number of carbonyl (C=O) groups excluding carboxylic acids is 3. The van der Waals surface area contributed by atoms with Crippen LogP contribution in [0.5, 0.6) is 0 Å². The summed E-state index contributed by atoms with van der Waals surface area (Å²) in [5, 5.41) is 20.8. The van der Waals surface area contributed by atoms with Gasteiger partial charge in [-0.1, -0.05) is 135 Å². The minimum atomic E-state index is -2.80. The molecule has 20 heteroatoms. The first kappa shape index (κ1) is 61.5. The first-order valence-corrected chi connectivity index (χ1v) is 32.2. The summed E-state index contributed by atoms with van der Waals surface area (Å²) in [5.41, 5.74) is 8.75. The molecule has 0 saturated heterocycles. The van der Waals surface area contributed by atoms with Crippen LogP contribution in [-0.4, -0.2) is 75.0 Å². The highest BCUT2D eigenvalue weighted by Crippen LogP contribution is 2.39. The summed E-state index contributed by atoms with van der Waals surface area (Å²) >= 11 is 39.0. The summed E-state index contributed by atoms with van der Waals surface area (Å²) in [4.78, 5) is 47.3. The van der Waals surface area contributed by atoms with Crippen molar-refractivity contribution in [2.45, 2.75) is 92.1 Å². The van der Waals surface area contributed by atoms with Gasteiger partial charge in [-0.15, -0.1) is 20.5 Å². The Morgan fingerprint density at radius 2 is 0.924 bits per heavy atom. The van der Waals surface area contributed by atoms with Crippen LogP contribution < -0.4 is 0 Å². The molecule has 9 rings (SSSR count). The van der Waals surface area contributed by atoms with Crippen molar-refractivity contribution in [2.75, 3.05) is 38.4 Å². The third-order valence-corrected chi connectivity index (χ3v) is 20.5. The van der Waals surface area contributed by atoms with Crippen molar-refractivity contribution < 1.29 is 18.6 Å². The number of hydrogen-bond acceptors (Lipinski definition) is 9. The maximum absolute atomic E-state index is 13.0. The molecule has 0 radical (unpaired) electrons.